The predicted octanol–water partition coefficient (Wildman–Crippen LogP) is 3.53. The second kappa shape index (κ2) is 4.92. The third-order valence-electron chi connectivity index (χ3n) is 1.68. The maximum Gasteiger partial charge on any atom is 0.126 e. The van der Waals surface area contributed by atoms with Crippen LogP contribution in [0.3, 0.4) is 0 Å². The van der Waals surface area contributed by atoms with Crippen LogP contribution in [0.5, 0.6) is 5.75 Å². The molecular formula is C9H6BrClN2OS. The number of hydrogen-bond acceptors (Lipinski definition) is 4. The molecule has 1 aromatic carbocycles. The normalized spacial score (nSPS) is 10.3. The molecular weight excluding hydrogens is 300 g/mol. The summed E-state index contributed by atoms with van der Waals surface area (Å²) in [5, 5.41) is 4.36. The second-order valence-electron chi connectivity index (χ2n) is 2.75. The standard InChI is InChI=1S/C9H6BrClN2OS/c10-8-2-1-6(3-9(8)11)14-5-7-4-12-13-15-7/h1-4H,5H2. The van der Waals surface area contributed by atoms with Gasteiger partial charge in [0.1, 0.15) is 12.4 Å². The van der Waals surface area contributed by atoms with Gasteiger partial charge in [-0.05, 0) is 45.7 Å². The van der Waals surface area contributed by atoms with Crippen LogP contribution in [0.15, 0.2) is 28.9 Å². The van der Waals surface area contributed by atoms with Crippen molar-refractivity contribution in [1.82, 2.24) is 9.59 Å². The SMILES string of the molecule is Clc1cc(OCc2cnns2)ccc1Br. The molecule has 0 unspecified atom stereocenters. The zero-order chi connectivity index (χ0) is 10.7. The zero-order valence-corrected chi connectivity index (χ0v) is 10.6. The van der Waals surface area contributed by atoms with E-state index >= 15 is 0 Å². The first-order valence-corrected chi connectivity index (χ1v) is 6.04. The lowest BCUT2D eigenvalue weighted by atomic mass is 10.3. The van der Waals surface area contributed by atoms with Crippen LogP contribution < -0.4 is 4.74 Å². The fourth-order valence-electron chi connectivity index (χ4n) is 0.972. The monoisotopic (exact) mass is 304 g/mol. The summed E-state index contributed by atoms with van der Waals surface area (Å²) in [7, 11) is 0. The van der Waals surface area contributed by atoms with Crippen molar-refractivity contribution in [2.45, 2.75) is 6.61 Å². The molecule has 0 N–H and O–H groups in total. The van der Waals surface area contributed by atoms with Gasteiger partial charge >= 0.3 is 0 Å². The van der Waals surface area contributed by atoms with Gasteiger partial charge < -0.3 is 4.74 Å². The van der Waals surface area contributed by atoms with Crippen molar-refractivity contribution in [3.63, 3.8) is 0 Å². The number of rotatable bonds is 3. The first-order chi connectivity index (χ1) is 7.25. The van der Waals surface area contributed by atoms with Crippen LogP contribution in [-0.4, -0.2) is 9.59 Å². The van der Waals surface area contributed by atoms with E-state index in [2.05, 4.69) is 25.5 Å². The molecule has 0 aliphatic carbocycles. The molecule has 0 aliphatic rings. The molecule has 0 radical (unpaired) electrons. The Balaban J connectivity index is 2.02. The summed E-state index contributed by atoms with van der Waals surface area (Å²) < 4.78 is 10.1. The molecule has 1 aromatic heterocycles. The van der Waals surface area contributed by atoms with Crippen LogP contribution in [0, 0.1) is 0 Å². The third-order valence-corrected chi connectivity index (χ3v) is 3.55. The lowest BCUT2D eigenvalue weighted by Gasteiger charge is -2.04. The molecule has 0 atom stereocenters. The molecule has 0 spiro atoms. The quantitative estimate of drug-likeness (QED) is 0.870. The fraction of sp³-hybridized carbons (Fsp3) is 0.111. The number of aromatic nitrogens is 2. The molecule has 15 heavy (non-hydrogen) atoms. The Bertz CT molecular complexity index is 449. The molecule has 0 amide bonds. The first kappa shape index (κ1) is 10.9. The smallest absolute Gasteiger partial charge is 0.126 e. The summed E-state index contributed by atoms with van der Waals surface area (Å²) in [5.41, 5.74) is 0. The highest BCUT2D eigenvalue weighted by molar-refractivity contribution is 9.10. The molecule has 1 heterocycles. The number of nitrogens with zero attached hydrogens (tertiary/aromatic N) is 2. The van der Waals surface area contributed by atoms with E-state index in [4.69, 9.17) is 16.3 Å². The Hall–Kier alpha value is -0.650. The molecule has 0 fully saturated rings. The highest BCUT2D eigenvalue weighted by Gasteiger charge is 2.01. The maximum atomic E-state index is 5.93. The Morgan fingerprint density at radius 1 is 1.47 bits per heavy atom. The van der Waals surface area contributed by atoms with Crippen molar-refractivity contribution in [1.29, 1.82) is 0 Å². The predicted molar refractivity (Wildman–Crippen MR) is 63.4 cm³/mol. The van der Waals surface area contributed by atoms with E-state index < -0.39 is 0 Å². The van der Waals surface area contributed by atoms with E-state index in [9.17, 15) is 0 Å². The van der Waals surface area contributed by atoms with Crippen LogP contribution in [0.25, 0.3) is 0 Å². The van der Waals surface area contributed by atoms with E-state index in [-0.39, 0.29) is 0 Å². The lowest BCUT2D eigenvalue weighted by molar-refractivity contribution is 0.309. The van der Waals surface area contributed by atoms with Gasteiger partial charge in [-0.1, -0.05) is 16.1 Å². The van der Waals surface area contributed by atoms with Crippen molar-refractivity contribution >= 4 is 39.1 Å². The Kier molecular flexibility index (Phi) is 3.56. The molecule has 0 saturated heterocycles. The average Bonchev–Trinajstić information content (AvgIpc) is 2.73. The Morgan fingerprint density at radius 2 is 2.33 bits per heavy atom. The van der Waals surface area contributed by atoms with Crippen molar-refractivity contribution in [3.8, 4) is 5.75 Å². The van der Waals surface area contributed by atoms with Gasteiger partial charge in [-0.2, -0.15) is 0 Å². The largest absolute Gasteiger partial charge is 0.488 e. The van der Waals surface area contributed by atoms with Gasteiger partial charge in [0, 0.05) is 4.47 Å². The molecule has 3 nitrogen and oxygen atoms in total. The van der Waals surface area contributed by atoms with Crippen LogP contribution in [-0.2, 0) is 6.61 Å². The molecule has 78 valence electrons. The van der Waals surface area contributed by atoms with Gasteiger partial charge in [-0.25, -0.2) is 0 Å². The topological polar surface area (TPSA) is 35.0 Å². The average molecular weight is 306 g/mol. The molecule has 0 saturated carbocycles. The summed E-state index contributed by atoms with van der Waals surface area (Å²) in [6.45, 7) is 0.468. The van der Waals surface area contributed by atoms with Crippen LogP contribution in [0.4, 0.5) is 0 Å². The van der Waals surface area contributed by atoms with E-state index in [0.29, 0.717) is 11.6 Å². The number of halogens is 2. The lowest BCUT2D eigenvalue weighted by Crippen LogP contribution is -1.92. The van der Waals surface area contributed by atoms with E-state index in [1.165, 1.54) is 11.5 Å². The summed E-state index contributed by atoms with van der Waals surface area (Å²) >= 11 is 10.6. The Morgan fingerprint density at radius 3 is 3.00 bits per heavy atom. The molecule has 2 rings (SSSR count). The van der Waals surface area contributed by atoms with E-state index in [1.54, 1.807) is 12.3 Å². The van der Waals surface area contributed by atoms with Gasteiger partial charge in [0.15, 0.2) is 0 Å². The van der Waals surface area contributed by atoms with Crippen LogP contribution in [0.1, 0.15) is 4.88 Å². The minimum absolute atomic E-state index is 0.468. The van der Waals surface area contributed by atoms with Gasteiger partial charge in [0.25, 0.3) is 0 Å². The highest BCUT2D eigenvalue weighted by atomic mass is 79.9. The van der Waals surface area contributed by atoms with Crippen molar-refractivity contribution < 1.29 is 4.74 Å². The summed E-state index contributed by atoms with van der Waals surface area (Å²) in [5.74, 6) is 0.733. The second-order valence-corrected chi connectivity index (χ2v) is 4.88. The molecule has 0 bridgehead atoms. The molecule has 0 aliphatic heterocycles. The minimum atomic E-state index is 0.468. The fourth-order valence-corrected chi connectivity index (χ4v) is 1.79. The number of hydrogen-bond donors (Lipinski definition) is 0. The minimum Gasteiger partial charge on any atom is -0.488 e. The third kappa shape index (κ3) is 2.90. The maximum absolute atomic E-state index is 5.93. The van der Waals surface area contributed by atoms with Crippen LogP contribution >= 0.6 is 39.1 Å². The Labute approximate surface area is 104 Å². The summed E-state index contributed by atoms with van der Waals surface area (Å²) in [6.07, 6.45) is 1.69. The summed E-state index contributed by atoms with van der Waals surface area (Å²) in [6, 6.07) is 5.47. The van der Waals surface area contributed by atoms with Gasteiger partial charge in [-0.15, -0.1) is 5.10 Å². The van der Waals surface area contributed by atoms with Crippen molar-refractivity contribution in [3.05, 3.63) is 38.8 Å². The van der Waals surface area contributed by atoms with Gasteiger partial charge in [-0.3, -0.25) is 0 Å². The summed E-state index contributed by atoms with van der Waals surface area (Å²) in [4.78, 5) is 0.981. The van der Waals surface area contributed by atoms with E-state index in [1.807, 2.05) is 12.1 Å². The van der Waals surface area contributed by atoms with E-state index in [0.717, 1.165) is 15.1 Å². The van der Waals surface area contributed by atoms with Crippen molar-refractivity contribution in [2.75, 3.05) is 0 Å². The number of benzene rings is 1. The zero-order valence-electron chi connectivity index (χ0n) is 7.48. The first-order valence-electron chi connectivity index (χ1n) is 4.10. The molecule has 2 aromatic rings. The van der Waals surface area contributed by atoms with Gasteiger partial charge in [0.2, 0.25) is 0 Å². The highest BCUT2D eigenvalue weighted by Crippen LogP contribution is 2.27. The molecule has 6 heteroatoms. The van der Waals surface area contributed by atoms with Crippen LogP contribution in [0.2, 0.25) is 5.02 Å². The number of ether oxygens (including phenoxy) is 1. The van der Waals surface area contributed by atoms with Gasteiger partial charge in [0.05, 0.1) is 16.1 Å². The van der Waals surface area contributed by atoms with Crippen molar-refractivity contribution in [2.24, 2.45) is 0 Å².